The van der Waals surface area contributed by atoms with Crippen molar-refractivity contribution in [1.82, 2.24) is 83.7 Å². The molecule has 12 aromatic rings. The Morgan fingerprint density at radius 3 is 1.15 bits per heavy atom. The van der Waals surface area contributed by atoms with Crippen molar-refractivity contribution in [2.75, 3.05) is 89.3 Å². The number of nitrogens with two attached hydrogens (primary N) is 1. The van der Waals surface area contributed by atoms with E-state index in [0.717, 1.165) is 76.1 Å². The number of ether oxygens (including phenoxy) is 4. The number of pyridine rings is 3. The molecular formula is C79H84Cl3N21O8. The van der Waals surface area contributed by atoms with Crippen LogP contribution in [0.2, 0.25) is 15.1 Å². The average Bonchev–Trinajstić information content (AvgIpc) is 0.990. The van der Waals surface area contributed by atoms with Crippen LogP contribution in [0.15, 0.2) is 143 Å². The molecule has 3 fully saturated rings. The second-order valence-electron chi connectivity index (χ2n) is 28.3. The molecule has 32 heteroatoms. The zero-order chi connectivity index (χ0) is 78.0. The zero-order valence-electron chi connectivity index (χ0n) is 62.6. The van der Waals surface area contributed by atoms with Gasteiger partial charge >= 0.3 is 6.09 Å². The summed E-state index contributed by atoms with van der Waals surface area (Å²) >= 11 is 20.1. The third kappa shape index (κ3) is 19.1. The summed E-state index contributed by atoms with van der Waals surface area (Å²) in [5.41, 5.74) is 16.2. The van der Waals surface area contributed by atoms with E-state index in [2.05, 4.69) is 76.1 Å². The van der Waals surface area contributed by atoms with Crippen LogP contribution >= 0.6 is 34.8 Å². The van der Waals surface area contributed by atoms with Crippen LogP contribution in [-0.4, -0.2) is 182 Å². The highest BCUT2D eigenvalue weighted by molar-refractivity contribution is 6.34. The summed E-state index contributed by atoms with van der Waals surface area (Å²) in [5, 5.41) is 16.0. The van der Waals surface area contributed by atoms with Crippen LogP contribution in [0.4, 0.5) is 22.6 Å². The molecule has 574 valence electrons. The van der Waals surface area contributed by atoms with Gasteiger partial charge in [0.05, 0.1) is 90.7 Å². The molecule has 29 nitrogen and oxygen atoms in total. The van der Waals surface area contributed by atoms with E-state index in [1.807, 2.05) is 82.2 Å². The fourth-order valence-corrected chi connectivity index (χ4v) is 13.7. The summed E-state index contributed by atoms with van der Waals surface area (Å²) in [4.78, 5) is 109. The SMILES string of the molecule is Cc1cncc(-c2ccc(-c3cc4cnc(N[C@@H]5CCOC5)nc4n(CCN(C)C)c3=O)c(Cl)c2)n1.Cc1cncc(-c2ccc(-c3cc4cnc(N[C@@H]5CCOC5)nc4n(CCN)c3=O)c(Cl)c2)n1.Cc1cncc(-c2ccc(-c3cc4cnc(N[C@@H]5CCOC5)nc4n(CCNC(=O)OC(C)(C)C)c3=O)c(Cl)c2)n1. The van der Waals surface area contributed by atoms with E-state index in [9.17, 15) is 19.2 Å². The Morgan fingerprint density at radius 2 is 0.847 bits per heavy atom. The smallest absolute Gasteiger partial charge is 0.407 e. The standard InChI is InChI=1S/C29H32ClN7O4.C26H28ClN7O2.C24H24ClN7O2/c1-17-13-31-15-24(34-17)18-5-6-21(23(30)12-18)22-11-19-14-33-27(35-20-7-10-40-16-20)36-25(19)37(26(22)38)9-8-32-28(39)41-29(2,3)4;1-16-12-28-14-23(30-16)17-4-5-20(22(27)11-17)21-10-18-13-29-26(31-19-6-9-36-15-19)32-24(18)34(25(21)35)8-7-33(2)3;1-14-10-27-12-21(29-14)15-2-3-18(20(25)9-15)19-8-16-11-28-24(30-17-4-7-34-13-17)31-22(16)32(6-5-26)23(19)33/h5-6,11-15,20H,7-10,16H2,1-4H3,(H,32,39)(H,33,35,36);4-5,10-14,19H,6-9,15H2,1-3H3,(H,29,31,32);2-3,8-12,17H,4-7,13,26H2,1H3,(H,28,30,31)/t20-;19-;17-/m111/s1. The maximum atomic E-state index is 13.9. The van der Waals surface area contributed by atoms with Gasteiger partial charge in [-0.2, -0.15) is 15.0 Å². The summed E-state index contributed by atoms with van der Waals surface area (Å²) in [7, 11) is 3.95. The second kappa shape index (κ2) is 35.0. The maximum Gasteiger partial charge on any atom is 0.407 e. The summed E-state index contributed by atoms with van der Waals surface area (Å²) in [6, 6.07) is 22.3. The first kappa shape index (κ1) is 78.2. The van der Waals surface area contributed by atoms with Crippen LogP contribution in [0.5, 0.6) is 0 Å². The number of fused-ring (bicyclic) bond motifs is 3. The summed E-state index contributed by atoms with van der Waals surface area (Å²) in [6.45, 7) is 17.0. The Morgan fingerprint density at radius 1 is 0.495 bits per heavy atom. The van der Waals surface area contributed by atoms with Crippen molar-refractivity contribution in [2.24, 2.45) is 5.73 Å². The quantitative estimate of drug-likeness (QED) is 0.0473. The molecule has 0 bridgehead atoms. The third-order valence-corrected chi connectivity index (χ3v) is 19.3. The number of aromatic nitrogens is 15. The van der Waals surface area contributed by atoms with E-state index in [1.165, 1.54) is 4.57 Å². The number of anilines is 3. The molecule has 0 radical (unpaired) electrons. The van der Waals surface area contributed by atoms with E-state index in [4.69, 9.17) is 64.5 Å². The van der Waals surface area contributed by atoms with Crippen LogP contribution < -0.4 is 43.7 Å². The molecule has 0 saturated carbocycles. The molecule has 3 aromatic carbocycles. The first-order chi connectivity index (χ1) is 53.5. The number of nitrogens with one attached hydrogen (secondary N) is 4. The lowest BCUT2D eigenvalue weighted by Crippen LogP contribution is -2.36. The van der Waals surface area contributed by atoms with Gasteiger partial charge in [-0.05, 0) is 111 Å². The van der Waals surface area contributed by atoms with E-state index in [1.54, 1.807) is 116 Å². The predicted octanol–water partition coefficient (Wildman–Crippen LogP) is 11.3. The molecule has 0 aliphatic carbocycles. The number of rotatable bonds is 20. The van der Waals surface area contributed by atoms with Crippen molar-refractivity contribution < 1.29 is 23.7 Å². The van der Waals surface area contributed by atoms with Crippen LogP contribution in [0.3, 0.4) is 0 Å². The molecule has 3 saturated heterocycles. The number of halogens is 3. The van der Waals surface area contributed by atoms with Gasteiger partial charge in [-0.3, -0.25) is 43.0 Å². The van der Waals surface area contributed by atoms with Crippen molar-refractivity contribution in [3.8, 4) is 67.2 Å². The van der Waals surface area contributed by atoms with E-state index < -0.39 is 11.7 Å². The van der Waals surface area contributed by atoms with Crippen LogP contribution in [0, 0.1) is 20.8 Å². The van der Waals surface area contributed by atoms with Gasteiger partial charge < -0.3 is 50.8 Å². The number of hydrogen-bond donors (Lipinski definition) is 5. The Labute approximate surface area is 653 Å². The molecule has 9 aromatic heterocycles. The normalized spacial score (nSPS) is 15.5. The summed E-state index contributed by atoms with van der Waals surface area (Å²) in [5.74, 6) is 1.35. The Hall–Kier alpha value is -10.9. The number of carbonyl (C=O) groups excluding carboxylic acids is 1. The molecule has 6 N–H and O–H groups in total. The monoisotopic (exact) mass is 1560 g/mol. The molecule has 3 aliphatic heterocycles. The first-order valence-electron chi connectivity index (χ1n) is 36.3. The van der Waals surface area contributed by atoms with Crippen molar-refractivity contribution in [3.63, 3.8) is 0 Å². The number of likely N-dealkylation sites (N-methyl/N-ethyl adjacent to an activating group) is 1. The molecule has 111 heavy (non-hydrogen) atoms. The molecular weight excluding hydrogens is 1480 g/mol. The lowest BCUT2D eigenvalue weighted by Gasteiger charge is -2.20. The van der Waals surface area contributed by atoms with E-state index >= 15 is 0 Å². The number of amides is 1. The summed E-state index contributed by atoms with van der Waals surface area (Å²) < 4.78 is 26.4. The first-order valence-corrected chi connectivity index (χ1v) is 37.5. The Bertz CT molecular complexity index is 5610. The number of carbonyl (C=O) groups is 1. The zero-order valence-corrected chi connectivity index (χ0v) is 64.9. The minimum absolute atomic E-state index is 0.0937. The average molecular weight is 1560 g/mol. The van der Waals surface area contributed by atoms with Gasteiger partial charge in [0.1, 0.15) is 22.5 Å². The molecule has 0 unspecified atom stereocenters. The molecule has 0 spiro atoms. The predicted molar refractivity (Wildman–Crippen MR) is 430 cm³/mol. The fourth-order valence-electron chi connectivity index (χ4n) is 12.9. The van der Waals surface area contributed by atoms with Gasteiger partial charge in [0.15, 0.2) is 0 Å². The van der Waals surface area contributed by atoms with Gasteiger partial charge in [0, 0.05) is 178 Å². The maximum absolute atomic E-state index is 13.9. The van der Waals surface area contributed by atoms with E-state index in [-0.39, 0.29) is 47.9 Å². The number of nitrogens with zero attached hydrogens (tertiary/aromatic N) is 16. The molecule has 3 aliphatic rings. The van der Waals surface area contributed by atoms with Gasteiger partial charge in [0.2, 0.25) is 17.8 Å². The van der Waals surface area contributed by atoms with Crippen LogP contribution in [-0.2, 0) is 38.6 Å². The van der Waals surface area contributed by atoms with Crippen molar-refractivity contribution in [2.45, 2.75) is 104 Å². The highest BCUT2D eigenvalue weighted by atomic mass is 35.5. The minimum Gasteiger partial charge on any atom is -0.444 e. The molecule has 1 amide bonds. The topological polar surface area (TPSA) is 352 Å². The highest BCUT2D eigenvalue weighted by Crippen LogP contribution is 2.36. The second-order valence-corrected chi connectivity index (χ2v) is 29.5. The number of hydrogen-bond acceptors (Lipinski definition) is 25. The largest absolute Gasteiger partial charge is 0.444 e. The molecule has 15 rings (SSSR count). The lowest BCUT2D eigenvalue weighted by atomic mass is 10.0. The number of benzene rings is 3. The molecule has 12 heterocycles. The Balaban J connectivity index is 0.000000147. The van der Waals surface area contributed by atoms with Gasteiger partial charge in [0.25, 0.3) is 16.7 Å². The van der Waals surface area contributed by atoms with Crippen molar-refractivity contribution in [1.29, 1.82) is 0 Å². The number of aryl methyl sites for hydroxylation is 3. The number of alkyl carbamates (subject to hydrolysis) is 1. The minimum atomic E-state index is -0.641. The van der Waals surface area contributed by atoms with Gasteiger partial charge in [-0.1, -0.05) is 71.2 Å². The fraction of sp³-hybridized carbons (Fsp3) is 0.342. The Kier molecular flexibility index (Phi) is 24.7. The van der Waals surface area contributed by atoms with Crippen LogP contribution in [0.25, 0.3) is 100 Å². The van der Waals surface area contributed by atoms with Crippen molar-refractivity contribution in [3.05, 3.63) is 192 Å². The lowest BCUT2D eigenvalue weighted by molar-refractivity contribution is 0.0526. The van der Waals surface area contributed by atoms with Gasteiger partial charge in [-0.25, -0.2) is 34.7 Å². The van der Waals surface area contributed by atoms with E-state index in [0.29, 0.717) is 159 Å². The van der Waals surface area contributed by atoms with Crippen molar-refractivity contribution >= 4 is 91.8 Å². The van der Waals surface area contributed by atoms with Gasteiger partial charge in [-0.15, -0.1) is 0 Å². The summed E-state index contributed by atoms with van der Waals surface area (Å²) in [6.07, 6.45) is 17.3. The highest BCUT2D eigenvalue weighted by Gasteiger charge is 2.25. The van der Waals surface area contributed by atoms with Crippen LogP contribution in [0.1, 0.15) is 57.1 Å². The molecule has 3 atom stereocenters. The third-order valence-electron chi connectivity index (χ3n) is 18.3.